The van der Waals surface area contributed by atoms with Crippen LogP contribution in [0.1, 0.15) is 17.2 Å². The van der Waals surface area contributed by atoms with E-state index < -0.39 is 18.1 Å². The monoisotopic (exact) mass is 407 g/mol. The van der Waals surface area contributed by atoms with Crippen LogP contribution in [0.5, 0.6) is 5.75 Å². The third kappa shape index (κ3) is 5.23. The molecule has 2 aromatic rings. The Morgan fingerprint density at radius 1 is 1.15 bits per heavy atom. The van der Waals surface area contributed by atoms with Gasteiger partial charge in [0.15, 0.2) is 0 Å². The molecule has 0 aliphatic carbocycles. The maximum Gasteiger partial charge on any atom is 0.286 e. The van der Waals surface area contributed by atoms with E-state index in [1.807, 2.05) is 30.3 Å². The molecule has 0 radical (unpaired) electrons. The number of amides is 2. The Hall–Kier alpha value is -2.06. The third-order valence-corrected chi connectivity index (χ3v) is 5.37. The zero-order chi connectivity index (χ0) is 19.2. The van der Waals surface area contributed by atoms with E-state index in [0.717, 1.165) is 22.9 Å². The largest absolute Gasteiger partial charge is 0.491 e. The molecule has 1 unspecified atom stereocenters. The highest BCUT2D eigenvalue weighted by Crippen LogP contribution is 2.27. The van der Waals surface area contributed by atoms with Gasteiger partial charge in [0.1, 0.15) is 25.3 Å². The number of thioether (sulfide) groups is 1. The molecule has 8 heteroatoms. The van der Waals surface area contributed by atoms with Crippen LogP contribution in [0.2, 0.25) is 5.02 Å². The van der Waals surface area contributed by atoms with Crippen molar-refractivity contribution < 1.29 is 24.2 Å². The van der Waals surface area contributed by atoms with Crippen LogP contribution >= 0.6 is 23.4 Å². The molecule has 0 spiro atoms. The number of hydrogen-bond acceptors (Lipinski definition) is 6. The van der Waals surface area contributed by atoms with Crippen LogP contribution < -0.4 is 10.1 Å². The molecular weight excluding hydrogens is 390 g/mol. The van der Waals surface area contributed by atoms with Gasteiger partial charge >= 0.3 is 0 Å². The Labute approximate surface area is 165 Å². The van der Waals surface area contributed by atoms with Gasteiger partial charge < -0.3 is 14.6 Å². The molecule has 0 saturated carbocycles. The van der Waals surface area contributed by atoms with Crippen molar-refractivity contribution in [2.75, 3.05) is 13.4 Å². The van der Waals surface area contributed by atoms with E-state index >= 15 is 0 Å². The third-order valence-electron chi connectivity index (χ3n) is 4.04. The number of carbonyl (C=O) groups excluding carboxylic acids is 2. The van der Waals surface area contributed by atoms with Crippen molar-refractivity contribution in [1.82, 2.24) is 5.32 Å². The molecule has 27 heavy (non-hydrogen) atoms. The second-order valence-electron chi connectivity index (χ2n) is 5.85. The maximum atomic E-state index is 11.6. The van der Waals surface area contributed by atoms with Crippen LogP contribution in [0.3, 0.4) is 0 Å². The molecule has 6 nitrogen and oxygen atoms in total. The van der Waals surface area contributed by atoms with Gasteiger partial charge in [-0.15, -0.1) is 0 Å². The Balaban J connectivity index is 1.59. The van der Waals surface area contributed by atoms with Gasteiger partial charge in [0.25, 0.3) is 5.24 Å². The Morgan fingerprint density at radius 2 is 1.89 bits per heavy atom. The molecule has 2 aromatic carbocycles. The summed E-state index contributed by atoms with van der Waals surface area (Å²) in [5, 5.41) is 11.2. The van der Waals surface area contributed by atoms with Crippen LogP contribution in [0.25, 0.3) is 0 Å². The molecule has 142 valence electrons. The zero-order valence-electron chi connectivity index (χ0n) is 14.3. The number of imide groups is 1. The molecule has 1 saturated heterocycles. The standard InChI is InChI=1S/C19H18ClNO5S/c20-15-4-2-1-3-14(15)16(26-11-22)10-25-13-7-5-12(6-8-13)9-17-18(23)21-19(24)27-17/h1-8,16-17,22H,9-11H2,(H,21,23,24)/t16-,17?/m0/s1. The first-order valence-electron chi connectivity index (χ1n) is 8.27. The van der Waals surface area contributed by atoms with Crippen LogP contribution in [-0.2, 0) is 16.0 Å². The highest BCUT2D eigenvalue weighted by molar-refractivity contribution is 8.15. The Bertz CT molecular complexity index is 814. The zero-order valence-corrected chi connectivity index (χ0v) is 15.8. The summed E-state index contributed by atoms with van der Waals surface area (Å²) in [6.45, 7) is -0.267. The van der Waals surface area contributed by atoms with E-state index in [1.54, 1.807) is 18.2 Å². The van der Waals surface area contributed by atoms with E-state index in [-0.39, 0.29) is 17.8 Å². The first-order chi connectivity index (χ1) is 13.1. The topological polar surface area (TPSA) is 84.9 Å². The molecule has 0 bridgehead atoms. The summed E-state index contributed by atoms with van der Waals surface area (Å²) in [5.41, 5.74) is 1.66. The van der Waals surface area contributed by atoms with E-state index in [4.69, 9.17) is 26.2 Å². The van der Waals surface area contributed by atoms with E-state index in [2.05, 4.69) is 5.32 Å². The van der Waals surface area contributed by atoms with E-state index in [0.29, 0.717) is 17.2 Å². The molecular formula is C19H18ClNO5S. The molecule has 1 aliphatic rings. The van der Waals surface area contributed by atoms with E-state index in [1.165, 1.54) is 0 Å². The maximum absolute atomic E-state index is 11.6. The van der Waals surface area contributed by atoms with Crippen LogP contribution in [0.15, 0.2) is 48.5 Å². The highest BCUT2D eigenvalue weighted by atomic mass is 35.5. The smallest absolute Gasteiger partial charge is 0.286 e. The predicted octanol–water partition coefficient (Wildman–Crippen LogP) is 3.32. The van der Waals surface area contributed by atoms with Crippen LogP contribution in [0.4, 0.5) is 4.79 Å². The van der Waals surface area contributed by atoms with Crippen molar-refractivity contribution in [3.63, 3.8) is 0 Å². The van der Waals surface area contributed by atoms with Gasteiger partial charge in [-0.1, -0.05) is 53.7 Å². The van der Waals surface area contributed by atoms with Crippen molar-refractivity contribution in [1.29, 1.82) is 0 Å². The van der Waals surface area contributed by atoms with Crippen molar-refractivity contribution in [2.45, 2.75) is 17.8 Å². The minimum absolute atomic E-state index is 0.180. The van der Waals surface area contributed by atoms with Gasteiger partial charge in [-0.2, -0.15) is 0 Å². The Kier molecular flexibility index (Phi) is 6.73. The summed E-state index contributed by atoms with van der Waals surface area (Å²) >= 11 is 7.19. The first-order valence-corrected chi connectivity index (χ1v) is 9.52. The van der Waals surface area contributed by atoms with Gasteiger partial charge in [0, 0.05) is 10.6 Å². The van der Waals surface area contributed by atoms with Crippen LogP contribution in [0, 0.1) is 0 Å². The molecule has 1 heterocycles. The normalized spacial score (nSPS) is 17.6. The number of aliphatic hydroxyl groups excluding tert-OH is 1. The number of aliphatic hydroxyl groups is 1. The lowest BCUT2D eigenvalue weighted by molar-refractivity contribution is -0.118. The number of carbonyl (C=O) groups is 2. The molecule has 2 N–H and O–H groups in total. The fourth-order valence-corrected chi connectivity index (χ4v) is 3.81. The van der Waals surface area contributed by atoms with Crippen molar-refractivity contribution >= 4 is 34.5 Å². The predicted molar refractivity (Wildman–Crippen MR) is 103 cm³/mol. The van der Waals surface area contributed by atoms with Crippen molar-refractivity contribution in [3.05, 3.63) is 64.7 Å². The minimum atomic E-state index is -0.507. The molecule has 2 amide bonds. The molecule has 2 atom stereocenters. The quantitative estimate of drug-likeness (QED) is 0.653. The number of ether oxygens (including phenoxy) is 2. The van der Waals surface area contributed by atoms with Crippen molar-refractivity contribution in [2.24, 2.45) is 0 Å². The highest BCUT2D eigenvalue weighted by Gasteiger charge is 2.31. The number of benzene rings is 2. The fraction of sp³-hybridized carbons (Fsp3) is 0.263. The molecule has 1 aliphatic heterocycles. The summed E-state index contributed by atoms with van der Waals surface area (Å²) < 4.78 is 11.1. The lowest BCUT2D eigenvalue weighted by atomic mass is 10.1. The SMILES string of the molecule is O=C1NC(=O)C(Cc2ccc(OC[C@H](OCO)c3ccccc3Cl)cc2)S1. The molecule has 1 fully saturated rings. The summed E-state index contributed by atoms with van der Waals surface area (Å²) in [4.78, 5) is 22.9. The fourth-order valence-electron chi connectivity index (χ4n) is 2.69. The summed E-state index contributed by atoms with van der Waals surface area (Å²) in [6.07, 6.45) is -0.0359. The van der Waals surface area contributed by atoms with Gasteiger partial charge in [0.05, 0.1) is 5.25 Å². The number of halogens is 1. The summed E-state index contributed by atoms with van der Waals surface area (Å²) in [6, 6.07) is 14.5. The lowest BCUT2D eigenvalue weighted by Crippen LogP contribution is -2.25. The number of nitrogens with one attached hydrogen (secondary N) is 1. The average Bonchev–Trinajstić information content (AvgIpc) is 2.97. The lowest BCUT2D eigenvalue weighted by Gasteiger charge is -2.19. The van der Waals surface area contributed by atoms with E-state index in [9.17, 15) is 9.59 Å². The second kappa shape index (κ2) is 9.23. The first kappa shape index (κ1) is 19.7. The average molecular weight is 408 g/mol. The molecule has 0 aromatic heterocycles. The van der Waals surface area contributed by atoms with Gasteiger partial charge in [-0.05, 0) is 30.2 Å². The van der Waals surface area contributed by atoms with Gasteiger partial charge in [-0.3, -0.25) is 14.9 Å². The minimum Gasteiger partial charge on any atom is -0.491 e. The number of hydrogen-bond donors (Lipinski definition) is 2. The second-order valence-corrected chi connectivity index (χ2v) is 7.43. The van der Waals surface area contributed by atoms with Crippen LogP contribution in [-0.4, -0.2) is 34.9 Å². The summed E-state index contributed by atoms with van der Waals surface area (Å²) in [5.74, 6) is 0.367. The molecule has 3 rings (SSSR count). The van der Waals surface area contributed by atoms with Gasteiger partial charge in [0.2, 0.25) is 5.91 Å². The van der Waals surface area contributed by atoms with Gasteiger partial charge in [-0.25, -0.2) is 0 Å². The van der Waals surface area contributed by atoms with Crippen molar-refractivity contribution in [3.8, 4) is 5.75 Å². The number of rotatable bonds is 8. The summed E-state index contributed by atoms with van der Waals surface area (Å²) in [7, 11) is 0. The Morgan fingerprint density at radius 3 is 2.52 bits per heavy atom.